The zero-order valence-electron chi connectivity index (χ0n) is 11.6. The van der Waals surface area contributed by atoms with Crippen LogP contribution >= 0.6 is 0 Å². The van der Waals surface area contributed by atoms with Crippen molar-refractivity contribution in [2.45, 2.75) is 49.6 Å². The van der Waals surface area contributed by atoms with Gasteiger partial charge in [0.15, 0.2) is 5.60 Å². The van der Waals surface area contributed by atoms with Crippen LogP contribution in [-0.2, 0) is 19.3 Å². The minimum absolute atomic E-state index is 0.0784. The van der Waals surface area contributed by atoms with Gasteiger partial charge in [-0.3, -0.25) is 0 Å². The van der Waals surface area contributed by atoms with Crippen molar-refractivity contribution in [2.24, 2.45) is 11.8 Å². The normalized spacial score (nSPS) is 56.5. The van der Waals surface area contributed by atoms with Crippen molar-refractivity contribution in [1.82, 2.24) is 0 Å². The summed E-state index contributed by atoms with van der Waals surface area (Å²) in [6, 6.07) is 0. The summed E-state index contributed by atoms with van der Waals surface area (Å²) in [6.45, 7) is 7.52. The summed E-state index contributed by atoms with van der Waals surface area (Å²) in [4.78, 5) is 22.9. The Morgan fingerprint density at radius 2 is 2.10 bits per heavy atom. The Morgan fingerprint density at radius 1 is 1.35 bits per heavy atom. The smallest absolute Gasteiger partial charge is 0.334 e. The van der Waals surface area contributed by atoms with Crippen molar-refractivity contribution in [2.75, 3.05) is 0 Å². The van der Waals surface area contributed by atoms with Crippen LogP contribution in [0.25, 0.3) is 0 Å². The lowest BCUT2D eigenvalue weighted by molar-refractivity contribution is -0.360. The molecular formula is C15H18O5. The van der Waals surface area contributed by atoms with Crippen LogP contribution in [0, 0.1) is 11.8 Å². The standard InChI is InChI=1S/C15H18O5/c1-8-9-4-5-14(3,17)15-7-6-13(2,19-20-15)11(15)10(9)18-12(8)16/h6-7,9-11,17H,1,4-5H2,2-3H3/t9-,10-,11-,13+,14+,15+/m0/s1. The molecule has 4 aliphatic rings. The van der Waals surface area contributed by atoms with E-state index in [9.17, 15) is 9.90 Å². The highest BCUT2D eigenvalue weighted by Crippen LogP contribution is 2.61. The fourth-order valence-corrected chi connectivity index (χ4v) is 4.32. The lowest BCUT2D eigenvalue weighted by Gasteiger charge is -2.39. The number of esters is 1. The molecule has 0 radical (unpaired) electrons. The van der Waals surface area contributed by atoms with Gasteiger partial charge in [-0.15, -0.1) is 0 Å². The van der Waals surface area contributed by atoms with E-state index in [4.69, 9.17) is 14.5 Å². The summed E-state index contributed by atoms with van der Waals surface area (Å²) in [5.41, 5.74) is -2.20. The topological polar surface area (TPSA) is 65.0 Å². The number of ether oxygens (including phenoxy) is 1. The summed E-state index contributed by atoms with van der Waals surface area (Å²) in [7, 11) is 0. The monoisotopic (exact) mass is 278 g/mol. The highest BCUT2D eigenvalue weighted by atomic mass is 17.2. The quantitative estimate of drug-likeness (QED) is 0.313. The molecule has 5 nitrogen and oxygen atoms in total. The molecule has 2 aliphatic carbocycles. The van der Waals surface area contributed by atoms with Crippen LogP contribution in [0.1, 0.15) is 26.7 Å². The van der Waals surface area contributed by atoms with Crippen molar-refractivity contribution in [3.8, 4) is 0 Å². The zero-order valence-corrected chi connectivity index (χ0v) is 11.6. The Labute approximate surface area is 117 Å². The third-order valence-corrected chi connectivity index (χ3v) is 5.56. The van der Waals surface area contributed by atoms with Crippen LogP contribution in [0.2, 0.25) is 0 Å². The van der Waals surface area contributed by atoms with Gasteiger partial charge in [-0.2, -0.15) is 0 Å². The maximum Gasteiger partial charge on any atom is 0.334 e. The predicted octanol–water partition coefficient (Wildman–Crippen LogP) is 1.27. The molecule has 0 aromatic heterocycles. The first-order valence-corrected chi connectivity index (χ1v) is 7.00. The molecule has 2 aliphatic heterocycles. The van der Waals surface area contributed by atoms with Gasteiger partial charge in [-0.1, -0.05) is 12.7 Å². The van der Waals surface area contributed by atoms with Gasteiger partial charge in [-0.25, -0.2) is 14.6 Å². The van der Waals surface area contributed by atoms with E-state index in [2.05, 4.69) is 6.58 Å². The Kier molecular flexibility index (Phi) is 2.10. The minimum Gasteiger partial charge on any atom is -0.458 e. The number of carbonyl (C=O) groups is 1. The molecule has 0 unspecified atom stereocenters. The second kappa shape index (κ2) is 3.35. The van der Waals surface area contributed by atoms with Crippen molar-refractivity contribution >= 4 is 5.97 Å². The Bertz CT molecular complexity index is 550. The van der Waals surface area contributed by atoms with E-state index < -0.39 is 16.8 Å². The average molecular weight is 278 g/mol. The summed E-state index contributed by atoms with van der Waals surface area (Å²) >= 11 is 0. The van der Waals surface area contributed by atoms with Crippen molar-refractivity contribution in [3.63, 3.8) is 0 Å². The number of hydrogen-bond acceptors (Lipinski definition) is 5. The maximum atomic E-state index is 11.9. The summed E-state index contributed by atoms with van der Waals surface area (Å²) in [5, 5.41) is 10.9. The number of fused-ring (bicyclic) bond motifs is 1. The fourth-order valence-electron chi connectivity index (χ4n) is 4.32. The molecule has 2 bridgehead atoms. The molecule has 2 saturated heterocycles. The van der Waals surface area contributed by atoms with Crippen LogP contribution < -0.4 is 0 Å². The van der Waals surface area contributed by atoms with E-state index in [1.165, 1.54) is 0 Å². The second-order valence-corrected chi connectivity index (χ2v) is 6.77. The lowest BCUT2D eigenvalue weighted by atomic mass is 9.71. The molecule has 3 fully saturated rings. The van der Waals surface area contributed by atoms with E-state index in [-0.39, 0.29) is 23.9 Å². The molecule has 0 spiro atoms. The van der Waals surface area contributed by atoms with Crippen LogP contribution in [0.4, 0.5) is 0 Å². The summed E-state index contributed by atoms with van der Waals surface area (Å²) in [6.07, 6.45) is 4.59. The van der Waals surface area contributed by atoms with Crippen molar-refractivity contribution < 1.29 is 24.4 Å². The van der Waals surface area contributed by atoms with E-state index in [0.29, 0.717) is 18.4 Å². The van der Waals surface area contributed by atoms with Gasteiger partial charge in [0.2, 0.25) is 0 Å². The molecule has 6 atom stereocenters. The SMILES string of the molecule is C=C1C(=O)O[C@H]2[C@H]1CC[C@@](C)(O)[C@]13C=C[C@@](C)(OO1)[C@H]23. The number of aliphatic hydroxyl groups is 1. The molecule has 0 aromatic carbocycles. The molecule has 0 aromatic rings. The molecule has 1 N–H and O–H groups in total. The van der Waals surface area contributed by atoms with Gasteiger partial charge in [0, 0.05) is 11.5 Å². The van der Waals surface area contributed by atoms with Gasteiger partial charge in [0.1, 0.15) is 11.7 Å². The number of hydrogen-bond donors (Lipinski definition) is 1. The lowest BCUT2D eigenvalue weighted by Crippen LogP contribution is -2.56. The Hall–Kier alpha value is -1.17. The zero-order chi connectivity index (χ0) is 14.3. The maximum absolute atomic E-state index is 11.9. The minimum atomic E-state index is -1.07. The van der Waals surface area contributed by atoms with Gasteiger partial charge >= 0.3 is 5.97 Å². The predicted molar refractivity (Wildman–Crippen MR) is 68.3 cm³/mol. The molecular weight excluding hydrogens is 260 g/mol. The molecule has 1 saturated carbocycles. The first kappa shape index (κ1) is 12.6. The molecule has 4 rings (SSSR count). The molecule has 20 heavy (non-hydrogen) atoms. The Morgan fingerprint density at radius 3 is 2.75 bits per heavy atom. The van der Waals surface area contributed by atoms with Gasteiger partial charge < -0.3 is 9.84 Å². The third kappa shape index (κ3) is 1.18. The second-order valence-electron chi connectivity index (χ2n) is 6.77. The van der Waals surface area contributed by atoms with Gasteiger partial charge in [-0.05, 0) is 32.8 Å². The molecule has 108 valence electrons. The number of carbonyl (C=O) groups excluding carboxylic acids is 1. The Balaban J connectivity index is 1.88. The van der Waals surface area contributed by atoms with Crippen LogP contribution in [-0.4, -0.2) is 34.0 Å². The number of rotatable bonds is 0. The van der Waals surface area contributed by atoms with Gasteiger partial charge in [0.25, 0.3) is 0 Å². The van der Waals surface area contributed by atoms with Crippen molar-refractivity contribution in [3.05, 3.63) is 24.3 Å². The molecule has 0 amide bonds. The first-order valence-electron chi connectivity index (χ1n) is 7.00. The average Bonchev–Trinajstić information content (AvgIpc) is 2.92. The first-order chi connectivity index (χ1) is 9.31. The highest BCUT2D eigenvalue weighted by molar-refractivity contribution is 5.91. The van der Waals surface area contributed by atoms with E-state index in [1.54, 1.807) is 6.92 Å². The molecule has 2 heterocycles. The largest absolute Gasteiger partial charge is 0.458 e. The van der Waals surface area contributed by atoms with E-state index in [1.807, 2.05) is 19.1 Å². The van der Waals surface area contributed by atoms with Crippen LogP contribution in [0.15, 0.2) is 24.3 Å². The molecule has 5 heteroatoms. The van der Waals surface area contributed by atoms with E-state index >= 15 is 0 Å². The van der Waals surface area contributed by atoms with Crippen LogP contribution in [0.3, 0.4) is 0 Å². The summed E-state index contributed by atoms with van der Waals surface area (Å²) in [5.74, 6) is -0.669. The summed E-state index contributed by atoms with van der Waals surface area (Å²) < 4.78 is 5.56. The third-order valence-electron chi connectivity index (χ3n) is 5.56. The van der Waals surface area contributed by atoms with Crippen molar-refractivity contribution in [1.29, 1.82) is 0 Å². The van der Waals surface area contributed by atoms with E-state index in [0.717, 1.165) is 0 Å². The van der Waals surface area contributed by atoms with Crippen LogP contribution in [0.5, 0.6) is 0 Å². The highest BCUT2D eigenvalue weighted by Gasteiger charge is 2.73. The fraction of sp³-hybridized carbons (Fsp3) is 0.667. The van der Waals surface area contributed by atoms with Gasteiger partial charge in [0.05, 0.1) is 11.5 Å².